The maximum absolute atomic E-state index is 8.14. The van der Waals surface area contributed by atoms with E-state index < -0.39 is 5.60 Å². The fourth-order valence-electron chi connectivity index (χ4n) is 7.89. The first-order chi connectivity index (χ1) is 28.5. The highest BCUT2D eigenvalue weighted by Gasteiger charge is 2.40. The molecule has 9 rings (SSSR count). The Bertz CT molecular complexity index is 2640. The minimum atomic E-state index is -1.08. The second kappa shape index (κ2) is 16.2. The summed E-state index contributed by atoms with van der Waals surface area (Å²) in [5.74, 6) is 2.84. The lowest BCUT2D eigenvalue weighted by Gasteiger charge is -2.38. The third-order valence-electron chi connectivity index (χ3n) is 10.7. The summed E-state index contributed by atoms with van der Waals surface area (Å²) < 4.78 is 25.5. The largest absolute Gasteiger partial charge is 0.497 e. The monoisotopic (exact) mass is 796 g/mol. The molecule has 1 aliphatic rings. The molecule has 8 aromatic rings. The van der Waals surface area contributed by atoms with Crippen LogP contribution in [0.3, 0.4) is 0 Å². The molecule has 0 unspecified atom stereocenters. The smallest absolute Gasteiger partial charge is 0.231 e. The summed E-state index contributed by atoms with van der Waals surface area (Å²) >= 11 is 13.8. The third kappa shape index (κ3) is 7.18. The summed E-state index contributed by atoms with van der Waals surface area (Å²) in [5, 5.41) is 1.25. The van der Waals surface area contributed by atoms with Crippen molar-refractivity contribution in [3.63, 3.8) is 0 Å². The SMILES string of the molecule is COc1ccc(-c2c(-c3ccc(Cl)cc3)cc(-c3ccccc3)c(-c3ccccc3Cl)c2OC(Cc2ccc3c(c2)OCO3)(c2ccccc2)c2ccccc2)cc1. The lowest BCUT2D eigenvalue weighted by molar-refractivity contribution is 0.112. The van der Waals surface area contributed by atoms with E-state index in [1.807, 2.05) is 66.7 Å². The second-order valence-corrected chi connectivity index (χ2v) is 15.0. The van der Waals surface area contributed by atoms with Crippen molar-refractivity contribution < 1.29 is 18.9 Å². The van der Waals surface area contributed by atoms with Gasteiger partial charge in [-0.1, -0.05) is 163 Å². The molecule has 1 aliphatic heterocycles. The van der Waals surface area contributed by atoms with Gasteiger partial charge >= 0.3 is 0 Å². The molecule has 0 radical (unpaired) electrons. The van der Waals surface area contributed by atoms with Gasteiger partial charge in [-0.15, -0.1) is 0 Å². The van der Waals surface area contributed by atoms with E-state index >= 15 is 0 Å². The normalized spacial score (nSPS) is 12.0. The third-order valence-corrected chi connectivity index (χ3v) is 11.3. The summed E-state index contributed by atoms with van der Waals surface area (Å²) in [5.41, 5.74) is 9.33. The molecular formula is C52H38Cl2O4. The van der Waals surface area contributed by atoms with Gasteiger partial charge in [0.1, 0.15) is 11.5 Å². The van der Waals surface area contributed by atoms with E-state index in [0.717, 1.165) is 72.7 Å². The molecule has 1 heterocycles. The van der Waals surface area contributed by atoms with Crippen LogP contribution in [0.5, 0.6) is 23.0 Å². The van der Waals surface area contributed by atoms with Gasteiger partial charge in [0.2, 0.25) is 6.79 Å². The van der Waals surface area contributed by atoms with Gasteiger partial charge in [0.05, 0.1) is 7.11 Å². The molecule has 0 saturated heterocycles. The van der Waals surface area contributed by atoms with Crippen LogP contribution in [0.1, 0.15) is 16.7 Å². The molecule has 0 aliphatic carbocycles. The van der Waals surface area contributed by atoms with Crippen LogP contribution in [0.25, 0.3) is 44.5 Å². The van der Waals surface area contributed by atoms with Gasteiger partial charge in [0, 0.05) is 44.3 Å². The van der Waals surface area contributed by atoms with Crippen molar-refractivity contribution in [1.29, 1.82) is 0 Å². The van der Waals surface area contributed by atoms with Gasteiger partial charge in [-0.3, -0.25) is 0 Å². The number of benzene rings is 8. The van der Waals surface area contributed by atoms with Crippen molar-refractivity contribution >= 4 is 23.2 Å². The van der Waals surface area contributed by atoms with Crippen molar-refractivity contribution in [3.05, 3.63) is 215 Å². The number of halogens is 2. The quantitative estimate of drug-likeness (QED) is 0.131. The summed E-state index contributed by atoms with van der Waals surface area (Å²) in [7, 11) is 1.68. The molecule has 0 bridgehead atoms. The Labute approximate surface area is 348 Å². The van der Waals surface area contributed by atoms with E-state index in [-0.39, 0.29) is 6.79 Å². The van der Waals surface area contributed by atoms with Gasteiger partial charge in [-0.05, 0) is 81.9 Å². The van der Waals surface area contributed by atoms with Crippen LogP contribution in [0, 0.1) is 0 Å². The number of fused-ring (bicyclic) bond motifs is 1. The molecule has 0 amide bonds. The van der Waals surface area contributed by atoms with Crippen molar-refractivity contribution in [1.82, 2.24) is 0 Å². The predicted molar refractivity (Wildman–Crippen MR) is 235 cm³/mol. The average Bonchev–Trinajstić information content (AvgIpc) is 3.75. The van der Waals surface area contributed by atoms with Gasteiger partial charge in [-0.25, -0.2) is 0 Å². The molecule has 0 saturated carbocycles. The first kappa shape index (κ1) is 37.1. The van der Waals surface area contributed by atoms with E-state index in [1.54, 1.807) is 7.11 Å². The summed E-state index contributed by atoms with van der Waals surface area (Å²) in [4.78, 5) is 0. The molecule has 8 aromatic carbocycles. The van der Waals surface area contributed by atoms with Gasteiger partial charge < -0.3 is 18.9 Å². The second-order valence-electron chi connectivity index (χ2n) is 14.2. The zero-order chi connectivity index (χ0) is 39.5. The van der Waals surface area contributed by atoms with Gasteiger partial charge in [0.25, 0.3) is 0 Å². The number of methoxy groups -OCH3 is 1. The number of hydrogen-bond donors (Lipinski definition) is 0. The van der Waals surface area contributed by atoms with Gasteiger partial charge in [0.15, 0.2) is 17.1 Å². The highest BCUT2D eigenvalue weighted by Crippen LogP contribution is 2.54. The molecule has 6 heteroatoms. The predicted octanol–water partition coefficient (Wildman–Crippen LogP) is 14.0. The number of ether oxygens (including phenoxy) is 4. The lowest BCUT2D eigenvalue weighted by Crippen LogP contribution is -2.37. The first-order valence-electron chi connectivity index (χ1n) is 19.1. The van der Waals surface area contributed by atoms with Crippen LogP contribution in [-0.2, 0) is 12.0 Å². The van der Waals surface area contributed by atoms with E-state index in [4.69, 9.17) is 42.1 Å². The van der Waals surface area contributed by atoms with Crippen molar-refractivity contribution in [3.8, 4) is 67.5 Å². The molecule has 0 N–H and O–H groups in total. The molecule has 4 nitrogen and oxygen atoms in total. The van der Waals surface area contributed by atoms with Crippen molar-refractivity contribution in [2.75, 3.05) is 13.9 Å². The minimum Gasteiger partial charge on any atom is -0.497 e. The molecule has 58 heavy (non-hydrogen) atoms. The van der Waals surface area contributed by atoms with E-state index in [1.165, 1.54) is 0 Å². The van der Waals surface area contributed by atoms with Crippen LogP contribution in [0.2, 0.25) is 10.0 Å². The van der Waals surface area contributed by atoms with Gasteiger partial charge in [-0.2, -0.15) is 0 Å². The fraction of sp³-hybridized carbons (Fsp3) is 0.0769. The summed E-state index contributed by atoms with van der Waals surface area (Å²) in [6.07, 6.45) is 0.452. The number of hydrogen-bond acceptors (Lipinski definition) is 4. The highest BCUT2D eigenvalue weighted by molar-refractivity contribution is 6.33. The van der Waals surface area contributed by atoms with Crippen molar-refractivity contribution in [2.24, 2.45) is 0 Å². The maximum Gasteiger partial charge on any atom is 0.231 e. The van der Waals surface area contributed by atoms with E-state index in [9.17, 15) is 0 Å². The van der Waals surface area contributed by atoms with Crippen LogP contribution >= 0.6 is 23.2 Å². The molecule has 0 atom stereocenters. The van der Waals surface area contributed by atoms with Crippen molar-refractivity contribution in [2.45, 2.75) is 12.0 Å². The standard InChI is InChI=1S/C52H38Cl2O4/c1-55-42-28-24-38(25-29-42)49-44(37-22-26-41(53)27-23-37)32-45(36-13-5-2-6-14-36)50(43-19-11-12-20-46(43)54)51(49)58-52(39-15-7-3-8-16-39,40-17-9-4-10-18-40)33-35-21-30-47-48(31-35)57-34-56-47/h2-32H,33-34H2,1H3. The van der Waals surface area contributed by atoms with Crippen LogP contribution < -0.4 is 18.9 Å². The summed E-state index contributed by atoms with van der Waals surface area (Å²) in [6.45, 7) is 0.184. The Morgan fingerprint density at radius 1 is 0.517 bits per heavy atom. The zero-order valence-electron chi connectivity index (χ0n) is 31.7. The molecular weight excluding hydrogens is 759 g/mol. The maximum atomic E-state index is 8.14. The highest BCUT2D eigenvalue weighted by atomic mass is 35.5. The van der Waals surface area contributed by atoms with E-state index in [0.29, 0.717) is 28.0 Å². The summed E-state index contributed by atoms with van der Waals surface area (Å²) in [6, 6.07) is 63.8. The minimum absolute atomic E-state index is 0.184. The van der Waals surface area contributed by atoms with Crippen LogP contribution in [0.4, 0.5) is 0 Å². The first-order valence-corrected chi connectivity index (χ1v) is 19.9. The Morgan fingerprint density at radius 2 is 1.09 bits per heavy atom. The van der Waals surface area contributed by atoms with E-state index in [2.05, 4.69) is 121 Å². The Morgan fingerprint density at radius 3 is 1.74 bits per heavy atom. The molecule has 0 spiro atoms. The average molecular weight is 798 g/mol. The Kier molecular flexibility index (Phi) is 10.4. The fourth-order valence-corrected chi connectivity index (χ4v) is 8.25. The number of rotatable bonds is 11. The van der Waals surface area contributed by atoms with Crippen LogP contribution in [0.15, 0.2) is 188 Å². The topological polar surface area (TPSA) is 36.9 Å². The molecule has 0 aromatic heterocycles. The lowest BCUT2D eigenvalue weighted by atomic mass is 9.79. The van der Waals surface area contributed by atoms with Crippen LogP contribution in [-0.4, -0.2) is 13.9 Å². The zero-order valence-corrected chi connectivity index (χ0v) is 33.2. The molecule has 0 fully saturated rings. The Hall–Kier alpha value is -6.46. The molecule has 284 valence electrons. The Balaban J connectivity index is 1.44.